The van der Waals surface area contributed by atoms with E-state index in [0.717, 1.165) is 78.9 Å². The van der Waals surface area contributed by atoms with Crippen LogP contribution in [0.2, 0.25) is 0 Å². The Kier molecular flexibility index (Phi) is 8.47. The molecule has 0 unspecified atom stereocenters. The van der Waals surface area contributed by atoms with Gasteiger partial charge in [-0.3, -0.25) is 4.98 Å². The van der Waals surface area contributed by atoms with Crippen LogP contribution in [0.3, 0.4) is 0 Å². The Morgan fingerprint density at radius 3 is 1.46 bits per heavy atom. The van der Waals surface area contributed by atoms with Gasteiger partial charge in [-0.05, 0) is 38.6 Å². The molecule has 56 heavy (non-hydrogen) atoms. The largest absolute Gasteiger partial charge is 0.337 e. The van der Waals surface area contributed by atoms with Crippen LogP contribution in [0.25, 0.3) is 101 Å². The second-order valence-corrected chi connectivity index (χ2v) is 13.9. The van der Waals surface area contributed by atoms with Gasteiger partial charge in [0.15, 0.2) is 0 Å². The van der Waals surface area contributed by atoms with Crippen LogP contribution in [-0.2, 0) is 0 Å². The summed E-state index contributed by atoms with van der Waals surface area (Å²) in [5, 5.41) is 2.41. The maximum absolute atomic E-state index is 5.14. The van der Waals surface area contributed by atoms with Gasteiger partial charge in [-0.15, -0.1) is 12.1 Å². The highest BCUT2D eigenvalue weighted by atomic mass is 14.9. The van der Waals surface area contributed by atoms with Crippen molar-refractivity contribution in [2.75, 3.05) is 0 Å². The van der Waals surface area contributed by atoms with Gasteiger partial charge in [0.1, 0.15) is 5.82 Å². The molecule has 10 rings (SSSR count). The Morgan fingerprint density at radius 2 is 0.875 bits per heavy atom. The lowest BCUT2D eigenvalue weighted by atomic mass is 9.90. The molecule has 1 N–H and O–H groups in total. The van der Waals surface area contributed by atoms with Crippen LogP contribution >= 0.6 is 0 Å². The smallest absolute Gasteiger partial charge is 0.138 e. The summed E-state index contributed by atoms with van der Waals surface area (Å²) in [5.41, 5.74) is 14.7. The van der Waals surface area contributed by atoms with E-state index >= 15 is 0 Å². The van der Waals surface area contributed by atoms with Crippen molar-refractivity contribution in [1.29, 1.82) is 0 Å². The lowest BCUT2D eigenvalue weighted by molar-refractivity contribution is 1.31. The minimum absolute atomic E-state index is 0.730. The van der Waals surface area contributed by atoms with Crippen LogP contribution in [-0.4, -0.2) is 19.9 Å². The number of benzene rings is 8. The van der Waals surface area contributed by atoms with Gasteiger partial charge in [-0.25, -0.2) is 4.98 Å². The monoisotopic (exact) mass is 715 g/mol. The fourth-order valence-corrected chi connectivity index (χ4v) is 7.62. The zero-order valence-electron chi connectivity index (χ0n) is 30.5. The Hall–Kier alpha value is -7.56. The number of nitrogens with zero attached hydrogens (tertiary/aromatic N) is 3. The van der Waals surface area contributed by atoms with Gasteiger partial charge in [-0.2, -0.15) is 0 Å². The highest BCUT2D eigenvalue weighted by Crippen LogP contribution is 2.40. The van der Waals surface area contributed by atoms with E-state index in [-0.39, 0.29) is 0 Å². The number of imidazole rings is 2. The first-order valence-electron chi connectivity index (χ1n) is 18.9. The molecule has 0 aliphatic heterocycles. The fourth-order valence-electron chi connectivity index (χ4n) is 7.62. The summed E-state index contributed by atoms with van der Waals surface area (Å²) in [6.45, 7) is 0. The Morgan fingerprint density at radius 1 is 0.375 bits per heavy atom. The van der Waals surface area contributed by atoms with Crippen molar-refractivity contribution in [2.45, 2.75) is 0 Å². The van der Waals surface area contributed by atoms with Crippen LogP contribution in [0, 0.1) is 0 Å². The van der Waals surface area contributed by atoms with Gasteiger partial charge in [0.05, 0.1) is 17.2 Å². The molecular formula is C52H35N4-. The first kappa shape index (κ1) is 33.0. The molecule has 2 aromatic heterocycles. The molecule has 0 saturated heterocycles. The van der Waals surface area contributed by atoms with Gasteiger partial charge in [0.25, 0.3) is 0 Å². The van der Waals surface area contributed by atoms with Crippen molar-refractivity contribution in [3.05, 3.63) is 206 Å². The van der Waals surface area contributed by atoms with Crippen LogP contribution in [0.4, 0.5) is 0 Å². The zero-order chi connectivity index (χ0) is 37.3. The lowest BCUT2D eigenvalue weighted by Gasteiger charge is -2.14. The van der Waals surface area contributed by atoms with Crippen molar-refractivity contribution in [3.63, 3.8) is 0 Å². The summed E-state index contributed by atoms with van der Waals surface area (Å²) in [5.74, 6) is 1.57. The number of aromatic nitrogens is 4. The van der Waals surface area contributed by atoms with E-state index in [1.54, 1.807) is 0 Å². The summed E-state index contributed by atoms with van der Waals surface area (Å²) >= 11 is 0. The van der Waals surface area contributed by atoms with E-state index in [1.165, 1.54) is 21.9 Å². The number of hydrogen-bond donors (Lipinski definition) is 1. The predicted octanol–water partition coefficient (Wildman–Crippen LogP) is 13.4. The van der Waals surface area contributed by atoms with Crippen molar-refractivity contribution in [3.8, 4) is 90.1 Å². The molecule has 4 heteroatoms. The molecule has 0 amide bonds. The van der Waals surface area contributed by atoms with Crippen LogP contribution in [0.5, 0.6) is 0 Å². The van der Waals surface area contributed by atoms with Gasteiger partial charge in [-0.1, -0.05) is 205 Å². The average Bonchev–Trinajstić information content (AvgIpc) is 3.94. The summed E-state index contributed by atoms with van der Waals surface area (Å²) in [6.07, 6.45) is 0. The Labute approximate surface area is 325 Å². The number of fused-ring (bicyclic) bond motifs is 1. The molecule has 0 aliphatic rings. The number of nitrogens with one attached hydrogen (secondary N) is 1. The molecular weight excluding hydrogens is 681 g/mol. The summed E-state index contributed by atoms with van der Waals surface area (Å²) < 4.78 is 0. The van der Waals surface area contributed by atoms with Gasteiger partial charge >= 0.3 is 0 Å². The van der Waals surface area contributed by atoms with E-state index in [0.29, 0.717) is 0 Å². The molecule has 0 aliphatic carbocycles. The Bertz CT molecular complexity index is 2850. The molecule has 0 spiro atoms. The van der Waals surface area contributed by atoms with Crippen molar-refractivity contribution >= 4 is 10.8 Å². The first-order valence-corrected chi connectivity index (χ1v) is 18.9. The molecule has 8 aromatic carbocycles. The number of aromatic amines is 1. The van der Waals surface area contributed by atoms with Gasteiger partial charge < -0.3 is 9.97 Å². The molecule has 0 atom stereocenters. The maximum atomic E-state index is 5.14. The third-order valence-corrected chi connectivity index (χ3v) is 10.4. The first-order chi connectivity index (χ1) is 27.8. The van der Waals surface area contributed by atoms with E-state index in [2.05, 4.69) is 163 Å². The minimum atomic E-state index is 0.730. The highest BCUT2D eigenvalue weighted by molar-refractivity contribution is 6.06. The minimum Gasteiger partial charge on any atom is -0.337 e. The third kappa shape index (κ3) is 6.19. The topological polar surface area (TPSA) is 54.5 Å². The molecule has 0 radical (unpaired) electrons. The highest BCUT2D eigenvalue weighted by Gasteiger charge is 2.17. The van der Waals surface area contributed by atoms with Crippen LogP contribution in [0.1, 0.15) is 0 Å². The van der Waals surface area contributed by atoms with Crippen molar-refractivity contribution in [1.82, 2.24) is 19.9 Å². The summed E-state index contributed by atoms with van der Waals surface area (Å²) in [7, 11) is 0. The number of hydrogen-bond acceptors (Lipinski definition) is 3. The second kappa shape index (κ2) is 14.3. The standard InChI is InChI=1S/C52H35N4/c1-5-15-38(16-6-1)47-48(39-17-7-2-8-18-39)55-52(54-47)43-33-29-36(30-34-43)45-26-14-24-37-23-13-25-44(46(37)45)35-27-31-41(32-28-35)50-49(40-19-9-3-10-20-40)53-51(56-50)42-21-11-4-12-22-42/h1-34H,(H,54,55)/q-1. The van der Waals surface area contributed by atoms with Gasteiger partial charge in [0.2, 0.25) is 0 Å². The second-order valence-electron chi connectivity index (χ2n) is 13.9. The molecule has 0 fully saturated rings. The zero-order valence-corrected chi connectivity index (χ0v) is 30.5. The molecule has 2 heterocycles. The van der Waals surface area contributed by atoms with Crippen molar-refractivity contribution in [2.24, 2.45) is 0 Å². The lowest BCUT2D eigenvalue weighted by Crippen LogP contribution is -1.88. The normalized spacial score (nSPS) is 11.2. The molecule has 10 aromatic rings. The Balaban J connectivity index is 1.01. The molecule has 4 nitrogen and oxygen atoms in total. The third-order valence-electron chi connectivity index (χ3n) is 10.4. The number of H-pyrrole nitrogens is 1. The van der Waals surface area contributed by atoms with Gasteiger partial charge in [0, 0.05) is 28.1 Å². The maximum Gasteiger partial charge on any atom is 0.138 e. The SMILES string of the molecule is c1ccc(-c2nc(-c3ccc(-c4cccc5cccc(-c6ccc(-c7nc(-c8ccccc8)c(-c8ccccc8)[nH]7)cc6)c45)cc3)[c-](-c3ccccc3)n2)cc1. The van der Waals surface area contributed by atoms with Crippen LogP contribution in [0.15, 0.2) is 206 Å². The van der Waals surface area contributed by atoms with E-state index in [4.69, 9.17) is 15.0 Å². The predicted molar refractivity (Wildman–Crippen MR) is 231 cm³/mol. The van der Waals surface area contributed by atoms with E-state index in [9.17, 15) is 0 Å². The molecule has 264 valence electrons. The number of rotatable bonds is 8. The van der Waals surface area contributed by atoms with Crippen LogP contribution < -0.4 is 0 Å². The fraction of sp³-hybridized carbons (Fsp3) is 0. The van der Waals surface area contributed by atoms with Crippen molar-refractivity contribution < 1.29 is 0 Å². The quantitative estimate of drug-likeness (QED) is 0.159. The molecule has 0 bridgehead atoms. The molecule has 0 saturated carbocycles. The van der Waals surface area contributed by atoms with E-state index < -0.39 is 0 Å². The summed E-state index contributed by atoms with van der Waals surface area (Å²) in [4.78, 5) is 18.9. The van der Waals surface area contributed by atoms with E-state index in [1.807, 2.05) is 48.5 Å². The summed E-state index contributed by atoms with van der Waals surface area (Å²) in [6, 6.07) is 71.9. The average molecular weight is 716 g/mol.